The van der Waals surface area contributed by atoms with Crippen LogP contribution >= 0.6 is 11.3 Å². The number of nitrogens with one attached hydrogen (secondary N) is 1. The van der Waals surface area contributed by atoms with E-state index in [9.17, 15) is 4.79 Å². The zero-order valence-corrected chi connectivity index (χ0v) is 14.7. The minimum absolute atomic E-state index is 0.0299. The fourth-order valence-corrected chi connectivity index (χ4v) is 3.44. The molecule has 0 spiro atoms. The number of rotatable bonds is 6. The highest BCUT2D eigenvalue weighted by Crippen LogP contribution is 2.36. The van der Waals surface area contributed by atoms with Crippen LogP contribution in [0.4, 0.5) is 0 Å². The molecule has 1 aliphatic rings. The number of hydrogen-bond donors (Lipinski definition) is 1. The van der Waals surface area contributed by atoms with Crippen molar-refractivity contribution in [3.05, 3.63) is 35.2 Å². The van der Waals surface area contributed by atoms with E-state index in [1.165, 1.54) is 11.3 Å². The average molecular weight is 347 g/mol. The van der Waals surface area contributed by atoms with Crippen LogP contribution in [0.3, 0.4) is 0 Å². The Morgan fingerprint density at radius 3 is 2.79 bits per heavy atom. The molecule has 2 heterocycles. The van der Waals surface area contributed by atoms with E-state index in [4.69, 9.17) is 14.2 Å². The molecule has 128 valence electrons. The molecule has 0 fully saturated rings. The molecule has 1 aromatic carbocycles. The van der Waals surface area contributed by atoms with E-state index in [0.29, 0.717) is 24.7 Å². The van der Waals surface area contributed by atoms with E-state index in [-0.39, 0.29) is 11.9 Å². The van der Waals surface area contributed by atoms with Crippen molar-refractivity contribution in [2.75, 3.05) is 26.9 Å². The summed E-state index contributed by atoms with van der Waals surface area (Å²) in [6.45, 7) is 3.68. The molecule has 3 rings (SSSR count). The molecule has 1 amide bonds. The van der Waals surface area contributed by atoms with E-state index in [1.807, 2.05) is 37.3 Å². The molecule has 0 bridgehead atoms. The maximum absolute atomic E-state index is 12.4. The Hall–Kier alpha value is -2.05. The van der Waals surface area contributed by atoms with Crippen molar-refractivity contribution in [2.45, 2.75) is 19.4 Å². The summed E-state index contributed by atoms with van der Waals surface area (Å²) in [5, 5.41) is 3.00. The van der Waals surface area contributed by atoms with Gasteiger partial charge < -0.3 is 19.5 Å². The first-order chi connectivity index (χ1) is 11.7. The van der Waals surface area contributed by atoms with E-state index in [2.05, 4.69) is 5.32 Å². The number of thiophene rings is 1. The average Bonchev–Trinajstić information content (AvgIpc) is 3.11. The van der Waals surface area contributed by atoms with Crippen molar-refractivity contribution in [1.29, 1.82) is 0 Å². The van der Waals surface area contributed by atoms with Gasteiger partial charge in [-0.15, -0.1) is 11.3 Å². The molecule has 0 saturated carbocycles. The normalized spacial score (nSPS) is 14.2. The smallest absolute Gasteiger partial charge is 0.261 e. The highest BCUT2D eigenvalue weighted by atomic mass is 32.1. The van der Waals surface area contributed by atoms with Gasteiger partial charge in [0, 0.05) is 12.0 Å². The first-order valence-corrected chi connectivity index (χ1v) is 8.82. The summed E-state index contributed by atoms with van der Waals surface area (Å²) in [5.74, 6) is 1.46. The summed E-state index contributed by atoms with van der Waals surface area (Å²) in [6.07, 6.45) is 0.833. The summed E-state index contributed by atoms with van der Waals surface area (Å²) < 4.78 is 16.3. The standard InChI is InChI=1S/C18H21NO4S/c1-3-13(11-21-2)19-18(20)17-7-6-16(24-17)12-4-5-14-15(10-12)23-9-8-22-14/h4-7,10,13H,3,8-9,11H2,1-2H3,(H,19,20). The molecule has 0 saturated heterocycles. The zero-order chi connectivity index (χ0) is 16.9. The summed E-state index contributed by atoms with van der Waals surface area (Å²) in [5.41, 5.74) is 1.02. The molecule has 2 aromatic rings. The van der Waals surface area contributed by atoms with Crippen LogP contribution in [0.5, 0.6) is 11.5 Å². The number of methoxy groups -OCH3 is 1. The Bertz CT molecular complexity index is 713. The van der Waals surface area contributed by atoms with Crippen LogP contribution in [-0.2, 0) is 4.74 Å². The first kappa shape index (κ1) is 16.8. The lowest BCUT2D eigenvalue weighted by Gasteiger charge is -2.18. The number of benzene rings is 1. The number of amides is 1. The Morgan fingerprint density at radius 2 is 2.04 bits per heavy atom. The number of hydrogen-bond acceptors (Lipinski definition) is 5. The van der Waals surface area contributed by atoms with E-state index < -0.39 is 0 Å². The third-order valence-corrected chi connectivity index (χ3v) is 4.99. The molecule has 1 atom stereocenters. The minimum atomic E-state index is -0.0623. The quantitative estimate of drug-likeness (QED) is 0.871. The van der Waals surface area contributed by atoms with E-state index >= 15 is 0 Å². The SMILES string of the molecule is CCC(COC)NC(=O)c1ccc(-c2ccc3c(c2)OCCO3)s1. The summed E-state index contributed by atoms with van der Waals surface area (Å²) in [4.78, 5) is 14.1. The van der Waals surface area contributed by atoms with Crippen molar-refractivity contribution < 1.29 is 19.0 Å². The third-order valence-electron chi connectivity index (χ3n) is 3.85. The van der Waals surface area contributed by atoms with Crippen LogP contribution in [0, 0.1) is 0 Å². The Labute approximate surface area is 145 Å². The van der Waals surface area contributed by atoms with Crippen molar-refractivity contribution in [1.82, 2.24) is 5.32 Å². The molecule has 1 aromatic heterocycles. The molecule has 6 heteroatoms. The molecule has 0 aliphatic carbocycles. The predicted octanol–water partition coefficient (Wildman–Crippen LogP) is 3.34. The van der Waals surface area contributed by atoms with Gasteiger partial charge in [-0.1, -0.05) is 6.92 Å². The second kappa shape index (κ2) is 7.68. The van der Waals surface area contributed by atoms with Crippen molar-refractivity contribution in [2.24, 2.45) is 0 Å². The van der Waals surface area contributed by atoms with Gasteiger partial charge in [-0.3, -0.25) is 4.79 Å². The van der Waals surface area contributed by atoms with Crippen LogP contribution in [0.1, 0.15) is 23.0 Å². The third kappa shape index (κ3) is 3.71. The van der Waals surface area contributed by atoms with Crippen molar-refractivity contribution >= 4 is 17.2 Å². The van der Waals surface area contributed by atoms with Crippen LogP contribution in [0.2, 0.25) is 0 Å². The number of carbonyl (C=O) groups is 1. The molecule has 0 radical (unpaired) electrons. The van der Waals surface area contributed by atoms with Crippen LogP contribution in [0.15, 0.2) is 30.3 Å². The summed E-state index contributed by atoms with van der Waals surface area (Å²) in [7, 11) is 1.64. The largest absolute Gasteiger partial charge is 0.486 e. The zero-order valence-electron chi connectivity index (χ0n) is 13.8. The lowest BCUT2D eigenvalue weighted by molar-refractivity contribution is 0.0898. The topological polar surface area (TPSA) is 56.8 Å². The van der Waals surface area contributed by atoms with Gasteiger partial charge in [-0.2, -0.15) is 0 Å². The molecule has 1 unspecified atom stereocenters. The Balaban J connectivity index is 1.74. The minimum Gasteiger partial charge on any atom is -0.486 e. The molecular formula is C18H21NO4S. The van der Waals surface area contributed by atoms with Gasteiger partial charge in [0.25, 0.3) is 5.91 Å². The number of carbonyl (C=O) groups excluding carboxylic acids is 1. The molecule has 1 N–H and O–H groups in total. The monoisotopic (exact) mass is 347 g/mol. The van der Waals surface area contributed by atoms with Crippen LogP contribution < -0.4 is 14.8 Å². The maximum atomic E-state index is 12.4. The van der Waals surface area contributed by atoms with Gasteiger partial charge in [-0.05, 0) is 42.3 Å². The van der Waals surface area contributed by atoms with E-state index in [1.54, 1.807) is 7.11 Å². The Morgan fingerprint density at radius 1 is 1.25 bits per heavy atom. The van der Waals surface area contributed by atoms with Gasteiger partial charge in [0.2, 0.25) is 0 Å². The molecular weight excluding hydrogens is 326 g/mol. The Kier molecular flexibility index (Phi) is 5.37. The lowest BCUT2D eigenvalue weighted by Crippen LogP contribution is -2.37. The van der Waals surface area contributed by atoms with Gasteiger partial charge in [0.05, 0.1) is 17.5 Å². The number of fused-ring (bicyclic) bond motifs is 1. The predicted molar refractivity (Wildman–Crippen MR) is 94.2 cm³/mol. The summed E-state index contributed by atoms with van der Waals surface area (Å²) in [6, 6.07) is 9.70. The molecule has 1 aliphatic heterocycles. The number of ether oxygens (including phenoxy) is 3. The summed E-state index contributed by atoms with van der Waals surface area (Å²) >= 11 is 1.47. The van der Waals surface area contributed by atoms with Crippen LogP contribution in [-0.4, -0.2) is 38.9 Å². The van der Waals surface area contributed by atoms with Crippen molar-refractivity contribution in [3.63, 3.8) is 0 Å². The van der Waals surface area contributed by atoms with Gasteiger partial charge >= 0.3 is 0 Å². The maximum Gasteiger partial charge on any atom is 0.261 e. The van der Waals surface area contributed by atoms with Gasteiger partial charge in [-0.25, -0.2) is 0 Å². The lowest BCUT2D eigenvalue weighted by atomic mass is 10.1. The van der Waals surface area contributed by atoms with Crippen molar-refractivity contribution in [3.8, 4) is 21.9 Å². The van der Waals surface area contributed by atoms with Crippen LogP contribution in [0.25, 0.3) is 10.4 Å². The van der Waals surface area contributed by atoms with E-state index in [0.717, 1.165) is 28.4 Å². The molecule has 24 heavy (non-hydrogen) atoms. The fourth-order valence-electron chi connectivity index (χ4n) is 2.53. The highest BCUT2D eigenvalue weighted by molar-refractivity contribution is 7.17. The van der Waals surface area contributed by atoms with Gasteiger partial charge in [0.15, 0.2) is 11.5 Å². The second-order valence-electron chi connectivity index (χ2n) is 5.56. The second-order valence-corrected chi connectivity index (χ2v) is 6.64. The molecule has 5 nitrogen and oxygen atoms in total. The highest BCUT2D eigenvalue weighted by Gasteiger charge is 2.16. The fraction of sp³-hybridized carbons (Fsp3) is 0.389. The first-order valence-electron chi connectivity index (χ1n) is 8.01. The van der Waals surface area contributed by atoms with Gasteiger partial charge in [0.1, 0.15) is 13.2 Å².